The third kappa shape index (κ3) is 3.92. The second-order valence-electron chi connectivity index (χ2n) is 9.10. The lowest BCUT2D eigenvalue weighted by molar-refractivity contribution is 0.194. The number of aromatic nitrogens is 1. The number of benzene rings is 2. The number of thiophene rings is 1. The fourth-order valence-electron chi connectivity index (χ4n) is 5.08. The van der Waals surface area contributed by atoms with Crippen molar-refractivity contribution in [2.24, 2.45) is 0 Å². The molecule has 0 radical (unpaired) electrons. The lowest BCUT2D eigenvalue weighted by atomic mass is 10.0. The van der Waals surface area contributed by atoms with Gasteiger partial charge in [-0.15, -0.1) is 11.3 Å². The first-order chi connectivity index (χ1) is 17.0. The number of likely N-dealkylation sites (N-methyl/N-ethyl adjacent to an activating group) is 1. The molecule has 2 aliphatic heterocycles. The van der Waals surface area contributed by atoms with Gasteiger partial charge in [0, 0.05) is 35.4 Å². The molecule has 0 bridgehead atoms. The van der Waals surface area contributed by atoms with Crippen molar-refractivity contribution in [3.05, 3.63) is 106 Å². The van der Waals surface area contributed by atoms with Gasteiger partial charge >= 0.3 is 6.03 Å². The van der Waals surface area contributed by atoms with Crippen molar-refractivity contribution in [3.63, 3.8) is 0 Å². The van der Waals surface area contributed by atoms with E-state index in [1.54, 1.807) is 40.5 Å². The van der Waals surface area contributed by atoms with Gasteiger partial charge in [0.15, 0.2) is 0 Å². The summed E-state index contributed by atoms with van der Waals surface area (Å²) in [6, 6.07) is 15.4. The molecule has 4 heterocycles. The summed E-state index contributed by atoms with van der Waals surface area (Å²) in [5.74, 6) is -0.684. The molecule has 35 heavy (non-hydrogen) atoms. The van der Waals surface area contributed by atoms with Gasteiger partial charge in [0.25, 0.3) is 0 Å². The molecule has 1 N–H and O–H groups in total. The van der Waals surface area contributed by atoms with Crippen LogP contribution in [0.15, 0.2) is 66.9 Å². The van der Waals surface area contributed by atoms with Crippen LogP contribution < -0.4 is 5.32 Å². The van der Waals surface area contributed by atoms with Crippen molar-refractivity contribution in [2.45, 2.75) is 25.6 Å². The zero-order valence-electron chi connectivity index (χ0n) is 19.2. The van der Waals surface area contributed by atoms with Crippen LogP contribution in [-0.2, 0) is 19.5 Å². The first kappa shape index (κ1) is 22.0. The predicted octanol–water partition coefficient (Wildman–Crippen LogP) is 5.94. The number of nitrogens with zero attached hydrogens (tertiary/aromatic N) is 3. The molecule has 2 amide bonds. The zero-order valence-corrected chi connectivity index (χ0v) is 20.0. The molecule has 0 aliphatic carbocycles. The van der Waals surface area contributed by atoms with E-state index in [2.05, 4.69) is 21.8 Å². The van der Waals surface area contributed by atoms with Crippen LogP contribution >= 0.6 is 11.3 Å². The Morgan fingerprint density at radius 1 is 0.971 bits per heavy atom. The Kier molecular flexibility index (Phi) is 5.42. The van der Waals surface area contributed by atoms with Crippen LogP contribution in [-0.4, -0.2) is 34.0 Å². The summed E-state index contributed by atoms with van der Waals surface area (Å²) < 4.78 is 29.4. The van der Waals surface area contributed by atoms with E-state index in [4.69, 9.17) is 0 Å². The van der Waals surface area contributed by atoms with Crippen molar-refractivity contribution in [2.75, 3.05) is 18.9 Å². The first-order valence-corrected chi connectivity index (χ1v) is 12.4. The highest BCUT2D eigenvalue weighted by Crippen LogP contribution is 2.43. The average molecular weight is 491 g/mol. The van der Waals surface area contributed by atoms with E-state index in [1.807, 2.05) is 18.3 Å². The largest absolute Gasteiger partial charge is 0.322 e. The molecule has 5 nitrogen and oxygen atoms in total. The van der Waals surface area contributed by atoms with E-state index >= 15 is 0 Å². The fraction of sp³-hybridized carbons (Fsp3) is 0.222. The maximum atomic E-state index is 13.8. The Labute approximate surface area is 206 Å². The minimum Gasteiger partial charge on any atom is -0.310 e. The molecule has 178 valence electrons. The number of fused-ring (bicyclic) bond motifs is 5. The van der Waals surface area contributed by atoms with E-state index in [0.717, 1.165) is 41.3 Å². The second kappa shape index (κ2) is 8.62. The molecular weight excluding hydrogens is 466 g/mol. The number of hydrogen-bond donors (Lipinski definition) is 1. The fourth-order valence-corrected chi connectivity index (χ4v) is 6.52. The molecule has 2 aromatic carbocycles. The Morgan fingerprint density at radius 2 is 1.69 bits per heavy atom. The van der Waals surface area contributed by atoms with Crippen LogP contribution in [0, 0.1) is 11.6 Å². The predicted molar refractivity (Wildman–Crippen MR) is 133 cm³/mol. The van der Waals surface area contributed by atoms with Crippen LogP contribution in [0.1, 0.15) is 33.3 Å². The first-order valence-electron chi connectivity index (χ1n) is 11.6. The molecule has 0 fully saturated rings. The van der Waals surface area contributed by atoms with Gasteiger partial charge < -0.3 is 19.7 Å². The zero-order chi connectivity index (χ0) is 24.1. The summed E-state index contributed by atoms with van der Waals surface area (Å²) in [6.45, 7) is 2.28. The summed E-state index contributed by atoms with van der Waals surface area (Å²) in [6.07, 6.45) is 2.97. The lowest BCUT2D eigenvalue weighted by Crippen LogP contribution is -2.38. The summed E-state index contributed by atoms with van der Waals surface area (Å²) in [4.78, 5) is 19.2. The molecule has 0 saturated heterocycles. The third-order valence-corrected chi connectivity index (χ3v) is 8.06. The molecule has 1 unspecified atom stereocenters. The highest BCUT2D eigenvalue weighted by Gasteiger charge is 2.36. The quantitative estimate of drug-likeness (QED) is 0.378. The van der Waals surface area contributed by atoms with Gasteiger partial charge in [-0.2, -0.15) is 0 Å². The van der Waals surface area contributed by atoms with Crippen molar-refractivity contribution >= 4 is 23.1 Å². The Morgan fingerprint density at radius 3 is 2.43 bits per heavy atom. The van der Waals surface area contributed by atoms with Crippen molar-refractivity contribution in [1.82, 2.24) is 14.4 Å². The number of nitrogens with one attached hydrogen (secondary N) is 1. The van der Waals surface area contributed by atoms with Gasteiger partial charge in [0.05, 0.1) is 18.3 Å². The maximum Gasteiger partial charge on any atom is 0.322 e. The van der Waals surface area contributed by atoms with Crippen LogP contribution in [0.5, 0.6) is 0 Å². The SMILES string of the molecule is CN1CCc2c(sc3c2CN(C(=O)Nc2ccc(F)cc2)C(c2ccc(F)cc2)c2cccn2-3)C1. The Bertz CT molecular complexity index is 1390. The highest BCUT2D eigenvalue weighted by molar-refractivity contribution is 7.15. The van der Waals surface area contributed by atoms with Crippen molar-refractivity contribution in [1.29, 1.82) is 0 Å². The standard InChI is InChI=1S/C27H24F2N4OS/c1-31-14-12-21-22-15-33(27(34)30-20-10-8-19(29)9-11-20)25(17-4-6-18(28)7-5-17)23-3-2-13-32(23)26(22)35-24(21)16-31/h2-11,13,25H,12,14-16H2,1H3,(H,30,34). The summed E-state index contributed by atoms with van der Waals surface area (Å²) in [7, 11) is 2.13. The van der Waals surface area contributed by atoms with Gasteiger partial charge in [0.2, 0.25) is 0 Å². The molecule has 2 aliphatic rings. The van der Waals surface area contributed by atoms with Gasteiger partial charge in [-0.1, -0.05) is 12.1 Å². The highest BCUT2D eigenvalue weighted by atomic mass is 32.1. The summed E-state index contributed by atoms with van der Waals surface area (Å²) in [5, 5.41) is 4.08. The topological polar surface area (TPSA) is 40.5 Å². The molecule has 0 spiro atoms. The second-order valence-corrected chi connectivity index (χ2v) is 10.2. The summed E-state index contributed by atoms with van der Waals surface area (Å²) >= 11 is 1.78. The number of hydrogen-bond acceptors (Lipinski definition) is 3. The van der Waals surface area contributed by atoms with E-state index < -0.39 is 6.04 Å². The smallest absolute Gasteiger partial charge is 0.310 e. The number of urea groups is 1. The molecular formula is C27H24F2N4OS. The van der Waals surface area contributed by atoms with Gasteiger partial charge in [-0.25, -0.2) is 13.6 Å². The number of carbonyl (C=O) groups excluding carboxylic acids is 1. The maximum absolute atomic E-state index is 13.8. The monoisotopic (exact) mass is 490 g/mol. The lowest BCUT2D eigenvalue weighted by Gasteiger charge is -2.32. The van der Waals surface area contributed by atoms with E-state index in [1.165, 1.54) is 34.7 Å². The van der Waals surface area contributed by atoms with Gasteiger partial charge in [-0.05, 0) is 73.1 Å². The molecule has 8 heteroatoms. The number of amides is 2. The number of carbonyl (C=O) groups is 1. The van der Waals surface area contributed by atoms with Gasteiger partial charge in [-0.3, -0.25) is 0 Å². The summed E-state index contributed by atoms with van der Waals surface area (Å²) in [5.41, 5.74) is 4.76. The van der Waals surface area contributed by atoms with Crippen molar-refractivity contribution in [3.8, 4) is 5.00 Å². The van der Waals surface area contributed by atoms with E-state index in [9.17, 15) is 13.6 Å². The van der Waals surface area contributed by atoms with Crippen LogP contribution in [0.2, 0.25) is 0 Å². The molecule has 4 aromatic rings. The molecule has 0 saturated carbocycles. The van der Waals surface area contributed by atoms with Gasteiger partial charge in [0.1, 0.15) is 16.6 Å². The normalized spacial score (nSPS) is 17.3. The number of halogens is 2. The van der Waals surface area contributed by atoms with Crippen LogP contribution in [0.3, 0.4) is 0 Å². The van der Waals surface area contributed by atoms with Crippen molar-refractivity contribution < 1.29 is 13.6 Å². The Balaban J connectivity index is 1.48. The number of anilines is 1. The molecule has 6 rings (SSSR count). The molecule has 1 atom stereocenters. The number of rotatable bonds is 2. The van der Waals surface area contributed by atoms with E-state index in [0.29, 0.717) is 12.2 Å². The van der Waals surface area contributed by atoms with E-state index in [-0.39, 0.29) is 17.7 Å². The van der Waals surface area contributed by atoms with Crippen LogP contribution in [0.25, 0.3) is 5.00 Å². The average Bonchev–Trinajstić information content (AvgIpc) is 3.43. The van der Waals surface area contributed by atoms with Crippen LogP contribution in [0.4, 0.5) is 19.3 Å². The Hall–Kier alpha value is -3.49. The molecule has 2 aromatic heterocycles. The third-order valence-electron chi connectivity index (χ3n) is 6.80. The minimum atomic E-state index is -0.424. The minimum absolute atomic E-state index is 0.292.